The maximum atomic E-state index is 10.1. The number of nitrogens with zero attached hydrogens (tertiary/aromatic N) is 3. The number of rotatable bonds is 8. The van der Waals surface area contributed by atoms with E-state index < -0.39 is 0 Å². The zero-order valence-corrected chi connectivity index (χ0v) is 21.7. The average Bonchev–Trinajstić information content (AvgIpc) is 3.65. The molecule has 2 aromatic carbocycles. The first-order valence-electron chi connectivity index (χ1n) is 12.0. The molecule has 0 spiro atoms. The summed E-state index contributed by atoms with van der Waals surface area (Å²) in [6.07, 6.45) is 4.74. The van der Waals surface area contributed by atoms with Gasteiger partial charge in [0.05, 0.1) is 22.1 Å². The molecule has 2 aromatic heterocycles. The molecule has 1 aliphatic carbocycles. The molecule has 8 heteroatoms. The minimum atomic E-state index is -0.277. The fraction of sp³-hybridized carbons (Fsp3) is 0.286. The summed E-state index contributed by atoms with van der Waals surface area (Å²) in [5.41, 5.74) is 8.31. The second-order valence-electron chi connectivity index (χ2n) is 9.37. The van der Waals surface area contributed by atoms with E-state index >= 15 is 0 Å². The number of aryl methyl sites for hydroxylation is 2. The molecule has 6 nitrogen and oxygen atoms in total. The molecular formula is C28H28Cl2N4O2. The van der Waals surface area contributed by atoms with Crippen LogP contribution in [0.2, 0.25) is 5.02 Å². The lowest BCUT2D eigenvalue weighted by atomic mass is 10.00. The number of fused-ring (bicyclic) bond motifs is 1. The zero-order chi connectivity index (χ0) is 25.2. The van der Waals surface area contributed by atoms with Crippen molar-refractivity contribution in [2.45, 2.75) is 45.1 Å². The number of aliphatic imine (C=N–C) groups is 1. The third-order valence-electron chi connectivity index (χ3n) is 6.44. The highest BCUT2D eigenvalue weighted by Crippen LogP contribution is 2.41. The summed E-state index contributed by atoms with van der Waals surface area (Å²) in [6, 6.07) is 17.7. The molecule has 4 aromatic rings. The van der Waals surface area contributed by atoms with Crippen LogP contribution in [-0.4, -0.2) is 32.6 Å². The van der Waals surface area contributed by atoms with E-state index in [2.05, 4.69) is 48.7 Å². The van der Waals surface area contributed by atoms with Crippen LogP contribution in [0.25, 0.3) is 5.52 Å². The van der Waals surface area contributed by atoms with E-state index in [-0.39, 0.29) is 17.8 Å². The molecule has 36 heavy (non-hydrogen) atoms. The molecule has 5 rings (SSSR count). The molecule has 1 unspecified atom stereocenters. The Labute approximate surface area is 220 Å². The average molecular weight is 523 g/mol. The van der Waals surface area contributed by atoms with Gasteiger partial charge in [-0.15, -0.1) is 16.7 Å². The highest BCUT2D eigenvalue weighted by molar-refractivity contribution is 6.31. The Hall–Kier alpha value is -3.06. The zero-order valence-electron chi connectivity index (χ0n) is 20.2. The highest BCUT2D eigenvalue weighted by atomic mass is 35.5. The van der Waals surface area contributed by atoms with E-state index in [0.717, 1.165) is 11.1 Å². The van der Waals surface area contributed by atoms with Crippen LogP contribution in [0.1, 0.15) is 46.6 Å². The van der Waals surface area contributed by atoms with Crippen LogP contribution in [0.5, 0.6) is 11.6 Å². The quantitative estimate of drug-likeness (QED) is 0.115. The minimum absolute atomic E-state index is 0.228. The van der Waals surface area contributed by atoms with Gasteiger partial charge in [-0.3, -0.25) is 15.7 Å². The summed E-state index contributed by atoms with van der Waals surface area (Å²) >= 11 is 12.6. The Morgan fingerprint density at radius 1 is 1.19 bits per heavy atom. The van der Waals surface area contributed by atoms with Crippen molar-refractivity contribution in [2.75, 3.05) is 5.88 Å². The van der Waals surface area contributed by atoms with Crippen LogP contribution in [0.15, 0.2) is 65.8 Å². The summed E-state index contributed by atoms with van der Waals surface area (Å²) in [5, 5.41) is 15.3. The molecule has 186 valence electrons. The Morgan fingerprint density at radius 3 is 2.75 bits per heavy atom. The number of benzene rings is 2. The van der Waals surface area contributed by atoms with Gasteiger partial charge in [-0.25, -0.2) is 4.52 Å². The predicted octanol–water partition coefficient (Wildman–Crippen LogP) is 6.85. The Balaban J connectivity index is 1.52. The van der Waals surface area contributed by atoms with Gasteiger partial charge in [-0.1, -0.05) is 47.5 Å². The van der Waals surface area contributed by atoms with E-state index in [4.69, 9.17) is 32.9 Å². The second kappa shape index (κ2) is 10.5. The fourth-order valence-corrected chi connectivity index (χ4v) is 4.78. The van der Waals surface area contributed by atoms with E-state index in [1.54, 1.807) is 16.8 Å². The number of hydrogen-bond acceptors (Lipinski definition) is 4. The summed E-state index contributed by atoms with van der Waals surface area (Å²) in [5.74, 6) is 2.07. The topological polar surface area (TPSA) is 71.2 Å². The standard InChI is InChI=1S/C28H28Cl2N4O2/c1-17-6-7-20(18(2)10-17)11-23(15-29)31-27(33-35)26-14-24-13-22(30)16-34(24)32-28(26)36-25-5-3-4-21(12-25)19-8-9-19/h3-7,10,12-14,16,19,23,35H,8-9,11,15H2,1-2H3,(H,31,33). The Morgan fingerprint density at radius 2 is 2.03 bits per heavy atom. The second-order valence-corrected chi connectivity index (χ2v) is 10.1. The van der Waals surface area contributed by atoms with Gasteiger partial charge < -0.3 is 4.74 Å². The van der Waals surface area contributed by atoms with E-state index in [1.165, 1.54) is 29.5 Å². The van der Waals surface area contributed by atoms with Crippen molar-refractivity contribution in [3.63, 3.8) is 0 Å². The monoisotopic (exact) mass is 522 g/mol. The van der Waals surface area contributed by atoms with Crippen LogP contribution in [0.4, 0.5) is 0 Å². The molecule has 1 atom stereocenters. The van der Waals surface area contributed by atoms with Crippen molar-refractivity contribution in [2.24, 2.45) is 4.99 Å². The van der Waals surface area contributed by atoms with Crippen LogP contribution >= 0.6 is 23.2 Å². The largest absolute Gasteiger partial charge is 0.437 e. The SMILES string of the molecule is Cc1ccc(CC(CCl)N=C(NO)c2cc3cc(Cl)cn3nc2Oc2cccc(C3CC3)c2)c(C)c1. The first kappa shape index (κ1) is 24.6. The normalized spacial score (nSPS) is 14.8. The van der Waals surface area contributed by atoms with Crippen LogP contribution in [0.3, 0.4) is 0 Å². The highest BCUT2D eigenvalue weighted by Gasteiger charge is 2.24. The van der Waals surface area contributed by atoms with Crippen molar-refractivity contribution in [3.8, 4) is 11.6 Å². The smallest absolute Gasteiger partial charge is 0.248 e. The molecule has 1 aliphatic rings. The van der Waals surface area contributed by atoms with Crippen molar-refractivity contribution in [1.82, 2.24) is 15.1 Å². The molecular weight excluding hydrogens is 495 g/mol. The lowest BCUT2D eigenvalue weighted by molar-refractivity contribution is 0.234. The minimum Gasteiger partial charge on any atom is -0.437 e. The number of hydrogen-bond donors (Lipinski definition) is 2. The number of hydroxylamine groups is 1. The first-order valence-corrected chi connectivity index (χ1v) is 12.9. The molecule has 0 bridgehead atoms. The van der Waals surface area contributed by atoms with Gasteiger partial charge in [-0.2, -0.15) is 0 Å². The lowest BCUT2D eigenvalue weighted by Gasteiger charge is -2.16. The molecule has 1 saturated carbocycles. The number of amidine groups is 1. The van der Waals surface area contributed by atoms with Gasteiger partial charge >= 0.3 is 0 Å². The van der Waals surface area contributed by atoms with Crippen molar-refractivity contribution in [3.05, 3.63) is 93.6 Å². The van der Waals surface area contributed by atoms with Gasteiger partial charge in [0, 0.05) is 12.1 Å². The molecule has 2 heterocycles. The van der Waals surface area contributed by atoms with Gasteiger partial charge in [0.1, 0.15) is 5.75 Å². The molecule has 2 N–H and O–H groups in total. The van der Waals surface area contributed by atoms with E-state index in [0.29, 0.717) is 34.6 Å². The van der Waals surface area contributed by atoms with Crippen molar-refractivity contribution < 1.29 is 9.94 Å². The lowest BCUT2D eigenvalue weighted by Crippen LogP contribution is -2.26. The summed E-state index contributed by atoms with van der Waals surface area (Å²) in [7, 11) is 0. The third-order valence-corrected chi connectivity index (χ3v) is 7.01. The van der Waals surface area contributed by atoms with Crippen LogP contribution in [0, 0.1) is 13.8 Å². The summed E-state index contributed by atoms with van der Waals surface area (Å²) in [6.45, 7) is 4.15. The van der Waals surface area contributed by atoms with Crippen LogP contribution in [-0.2, 0) is 6.42 Å². The van der Waals surface area contributed by atoms with Gasteiger partial charge in [0.2, 0.25) is 5.88 Å². The van der Waals surface area contributed by atoms with Gasteiger partial charge in [-0.05, 0) is 80.0 Å². The number of aromatic nitrogens is 2. The van der Waals surface area contributed by atoms with Gasteiger partial charge in [0.25, 0.3) is 0 Å². The molecule has 0 radical (unpaired) electrons. The molecule has 0 amide bonds. The Kier molecular flexibility index (Phi) is 7.19. The number of halogens is 2. The number of alkyl halides is 1. The first-order chi connectivity index (χ1) is 17.4. The molecule has 1 fully saturated rings. The van der Waals surface area contributed by atoms with E-state index in [1.807, 2.05) is 24.3 Å². The predicted molar refractivity (Wildman–Crippen MR) is 144 cm³/mol. The van der Waals surface area contributed by atoms with Gasteiger partial charge in [0.15, 0.2) is 5.84 Å². The fourth-order valence-electron chi connectivity index (χ4n) is 4.40. The Bertz CT molecular complexity index is 1430. The third kappa shape index (κ3) is 5.51. The van der Waals surface area contributed by atoms with Crippen LogP contribution < -0.4 is 10.2 Å². The molecule has 0 aliphatic heterocycles. The van der Waals surface area contributed by atoms with E-state index in [9.17, 15) is 5.21 Å². The molecule has 0 saturated heterocycles. The summed E-state index contributed by atoms with van der Waals surface area (Å²) < 4.78 is 7.90. The summed E-state index contributed by atoms with van der Waals surface area (Å²) in [4.78, 5) is 4.78. The van der Waals surface area contributed by atoms with Crippen molar-refractivity contribution >= 4 is 34.6 Å². The maximum absolute atomic E-state index is 10.1. The number of ether oxygens (including phenoxy) is 1. The van der Waals surface area contributed by atoms with Crippen molar-refractivity contribution in [1.29, 1.82) is 0 Å². The number of nitrogens with one attached hydrogen (secondary N) is 1. The maximum Gasteiger partial charge on any atom is 0.248 e.